The number of aromatic nitrogens is 2. The summed E-state index contributed by atoms with van der Waals surface area (Å²) in [4.78, 5) is 0. The van der Waals surface area contributed by atoms with Crippen LogP contribution in [0.15, 0.2) is 19.0 Å². The van der Waals surface area contributed by atoms with Gasteiger partial charge in [0.15, 0.2) is 0 Å². The first-order valence-corrected chi connectivity index (χ1v) is 5.94. The van der Waals surface area contributed by atoms with Crippen molar-refractivity contribution >= 4 is 5.70 Å². The first-order chi connectivity index (χ1) is 7.21. The quantitative estimate of drug-likeness (QED) is 0.676. The van der Waals surface area contributed by atoms with E-state index in [1.54, 1.807) is 0 Å². The molecule has 0 saturated heterocycles. The molecule has 16 heavy (non-hydrogen) atoms. The highest BCUT2D eigenvalue weighted by Crippen LogP contribution is 2.71. The molecule has 2 rings (SSSR count). The maximum absolute atomic E-state index is 4.30. The fourth-order valence-corrected chi connectivity index (χ4v) is 3.02. The highest BCUT2D eigenvalue weighted by molar-refractivity contribution is 5.54. The Labute approximate surface area is 98.6 Å². The summed E-state index contributed by atoms with van der Waals surface area (Å²) in [6, 6.07) is 0. The zero-order valence-corrected chi connectivity index (χ0v) is 11.3. The lowest BCUT2D eigenvalue weighted by Gasteiger charge is -2.04. The van der Waals surface area contributed by atoms with Crippen LogP contribution in [0.4, 0.5) is 0 Å². The van der Waals surface area contributed by atoms with Crippen molar-refractivity contribution in [3.8, 4) is 0 Å². The van der Waals surface area contributed by atoms with E-state index in [9.17, 15) is 0 Å². The van der Waals surface area contributed by atoms with Gasteiger partial charge >= 0.3 is 0 Å². The van der Waals surface area contributed by atoms with Gasteiger partial charge in [0.2, 0.25) is 0 Å². The maximum atomic E-state index is 4.30. The van der Waals surface area contributed by atoms with Gasteiger partial charge in [-0.05, 0) is 10.8 Å². The van der Waals surface area contributed by atoms with Crippen molar-refractivity contribution in [2.45, 2.75) is 34.6 Å². The minimum atomic E-state index is 0.360. The molecule has 0 aromatic carbocycles. The summed E-state index contributed by atoms with van der Waals surface area (Å²) in [5.74, 6) is 1.81. The molecule has 0 aliphatic heterocycles. The topological polar surface area (TPSA) is 8.81 Å². The van der Waals surface area contributed by atoms with E-state index in [2.05, 4.69) is 69.8 Å². The summed E-state index contributed by atoms with van der Waals surface area (Å²) < 4.78 is 4.36. The molecule has 1 aliphatic rings. The third kappa shape index (κ3) is 1.22. The molecular formula is C14H23N2+. The average Bonchev–Trinajstić information content (AvgIpc) is 2.40. The molecule has 88 valence electrons. The Morgan fingerprint density at radius 1 is 1.31 bits per heavy atom. The zero-order valence-electron chi connectivity index (χ0n) is 11.3. The van der Waals surface area contributed by atoms with Gasteiger partial charge in [0.1, 0.15) is 18.1 Å². The van der Waals surface area contributed by atoms with Gasteiger partial charge in [0, 0.05) is 12.8 Å². The average molecular weight is 219 g/mol. The second-order valence-corrected chi connectivity index (χ2v) is 6.19. The molecule has 1 aliphatic carbocycles. The first-order valence-electron chi connectivity index (χ1n) is 5.94. The van der Waals surface area contributed by atoms with E-state index in [4.69, 9.17) is 0 Å². The third-order valence-corrected chi connectivity index (χ3v) is 4.96. The Balaban J connectivity index is 2.33. The third-order valence-electron chi connectivity index (χ3n) is 4.96. The molecule has 0 bridgehead atoms. The second-order valence-electron chi connectivity index (χ2n) is 6.19. The van der Waals surface area contributed by atoms with Crippen LogP contribution in [0.1, 0.15) is 33.5 Å². The molecule has 1 saturated carbocycles. The van der Waals surface area contributed by atoms with Gasteiger partial charge < -0.3 is 0 Å². The van der Waals surface area contributed by atoms with Crippen molar-refractivity contribution in [2.75, 3.05) is 0 Å². The SMILES string of the molecule is C=C(C1C(C)(C)C1(C)C)n1cc[n+](C)c1C. The molecule has 1 aromatic heterocycles. The Kier molecular flexibility index (Phi) is 2.14. The van der Waals surface area contributed by atoms with Crippen LogP contribution in [0.25, 0.3) is 5.70 Å². The number of hydrogen-bond donors (Lipinski definition) is 0. The van der Waals surface area contributed by atoms with E-state index in [0.29, 0.717) is 16.7 Å². The molecule has 0 atom stereocenters. The number of rotatable bonds is 2. The van der Waals surface area contributed by atoms with Crippen molar-refractivity contribution in [2.24, 2.45) is 23.8 Å². The van der Waals surface area contributed by atoms with Gasteiger partial charge in [0.25, 0.3) is 5.82 Å². The minimum absolute atomic E-state index is 0.360. The Bertz CT molecular complexity index is 435. The summed E-state index contributed by atoms with van der Waals surface area (Å²) in [5, 5.41) is 0. The van der Waals surface area contributed by atoms with E-state index >= 15 is 0 Å². The Morgan fingerprint density at radius 2 is 1.81 bits per heavy atom. The standard InChI is InChI=1S/C14H23N2/c1-10(12-13(3,4)14(12,5)6)16-9-8-15(7)11(16)2/h8-9,12H,1H2,2-7H3/q+1. The van der Waals surface area contributed by atoms with Crippen molar-refractivity contribution in [3.05, 3.63) is 24.8 Å². The van der Waals surface area contributed by atoms with Crippen LogP contribution in [0.5, 0.6) is 0 Å². The molecule has 1 fully saturated rings. The number of aryl methyl sites for hydroxylation is 1. The highest BCUT2D eigenvalue weighted by atomic mass is 15.1. The van der Waals surface area contributed by atoms with Gasteiger partial charge in [-0.25, -0.2) is 9.13 Å². The molecule has 0 spiro atoms. The van der Waals surface area contributed by atoms with Crippen molar-refractivity contribution in [1.29, 1.82) is 0 Å². The highest BCUT2D eigenvalue weighted by Gasteiger charge is 2.67. The Hall–Kier alpha value is -1.05. The molecule has 1 heterocycles. The van der Waals surface area contributed by atoms with E-state index in [-0.39, 0.29) is 0 Å². The molecule has 0 N–H and O–H groups in total. The van der Waals surface area contributed by atoms with Crippen molar-refractivity contribution in [1.82, 2.24) is 4.57 Å². The molecule has 0 unspecified atom stereocenters. The summed E-state index contributed by atoms with van der Waals surface area (Å²) in [7, 11) is 2.07. The second kappa shape index (κ2) is 2.99. The largest absolute Gasteiger partial charge is 0.257 e. The van der Waals surface area contributed by atoms with E-state index in [1.807, 2.05) is 0 Å². The fraction of sp³-hybridized carbons (Fsp3) is 0.643. The lowest BCUT2D eigenvalue weighted by atomic mass is 10.0. The van der Waals surface area contributed by atoms with Gasteiger partial charge in [-0.3, -0.25) is 0 Å². The van der Waals surface area contributed by atoms with Crippen molar-refractivity contribution in [3.63, 3.8) is 0 Å². The van der Waals surface area contributed by atoms with Gasteiger partial charge in [-0.1, -0.05) is 34.3 Å². The molecular weight excluding hydrogens is 196 g/mol. The molecule has 1 aromatic rings. The first kappa shape index (κ1) is 11.4. The van der Waals surface area contributed by atoms with Crippen LogP contribution in [0.3, 0.4) is 0 Å². The summed E-state index contributed by atoms with van der Waals surface area (Å²) in [5.41, 5.74) is 1.95. The van der Waals surface area contributed by atoms with E-state index in [1.165, 1.54) is 11.5 Å². The number of imidazole rings is 1. The normalized spacial score (nSPS) is 22.1. The number of nitrogens with zero attached hydrogens (tertiary/aromatic N) is 2. The zero-order chi connectivity index (χ0) is 12.3. The van der Waals surface area contributed by atoms with Gasteiger partial charge in [-0.15, -0.1) is 0 Å². The number of hydrogen-bond acceptors (Lipinski definition) is 0. The predicted octanol–water partition coefficient (Wildman–Crippen LogP) is 2.77. The lowest BCUT2D eigenvalue weighted by molar-refractivity contribution is -0.676. The minimum Gasteiger partial charge on any atom is -0.237 e. The molecule has 2 nitrogen and oxygen atoms in total. The van der Waals surface area contributed by atoms with Crippen LogP contribution in [0, 0.1) is 23.7 Å². The van der Waals surface area contributed by atoms with Gasteiger partial charge in [0.05, 0.1) is 7.05 Å². The van der Waals surface area contributed by atoms with E-state index in [0.717, 1.165) is 0 Å². The summed E-state index contributed by atoms with van der Waals surface area (Å²) in [6.45, 7) is 15.8. The summed E-state index contributed by atoms with van der Waals surface area (Å²) >= 11 is 0. The summed E-state index contributed by atoms with van der Waals surface area (Å²) in [6.07, 6.45) is 4.20. The monoisotopic (exact) mass is 219 g/mol. The van der Waals surface area contributed by atoms with Crippen LogP contribution in [-0.4, -0.2) is 4.57 Å². The van der Waals surface area contributed by atoms with Crippen LogP contribution >= 0.6 is 0 Å². The molecule has 0 radical (unpaired) electrons. The molecule has 0 amide bonds. The molecule has 2 heteroatoms. The predicted molar refractivity (Wildman–Crippen MR) is 66.7 cm³/mol. The van der Waals surface area contributed by atoms with E-state index < -0.39 is 0 Å². The van der Waals surface area contributed by atoms with Crippen LogP contribution in [-0.2, 0) is 7.05 Å². The van der Waals surface area contributed by atoms with Crippen LogP contribution < -0.4 is 4.57 Å². The fourth-order valence-electron chi connectivity index (χ4n) is 3.02. The number of allylic oxidation sites excluding steroid dienone is 1. The Morgan fingerprint density at radius 3 is 2.12 bits per heavy atom. The van der Waals surface area contributed by atoms with Crippen molar-refractivity contribution < 1.29 is 4.57 Å². The lowest BCUT2D eigenvalue weighted by Crippen LogP contribution is -2.29. The van der Waals surface area contributed by atoms with Crippen LogP contribution in [0.2, 0.25) is 0 Å². The maximum Gasteiger partial charge on any atom is 0.257 e. The van der Waals surface area contributed by atoms with Gasteiger partial charge in [-0.2, -0.15) is 0 Å². The smallest absolute Gasteiger partial charge is 0.237 e.